The number of amides is 1. The summed E-state index contributed by atoms with van der Waals surface area (Å²) in [5.41, 5.74) is 2.68. The van der Waals surface area contributed by atoms with Gasteiger partial charge >= 0.3 is 0 Å². The van der Waals surface area contributed by atoms with Crippen molar-refractivity contribution in [3.05, 3.63) is 76.1 Å². The fourth-order valence-corrected chi connectivity index (χ4v) is 6.01. The molecular formula is C29H33ClFN3O2S. The second-order valence-electron chi connectivity index (χ2n) is 9.49. The molecule has 1 aliphatic heterocycles. The summed E-state index contributed by atoms with van der Waals surface area (Å²) < 4.78 is 20.4. The first-order chi connectivity index (χ1) is 18.0. The van der Waals surface area contributed by atoms with Crippen molar-refractivity contribution in [2.75, 3.05) is 44.2 Å². The van der Waals surface area contributed by atoms with Gasteiger partial charge in [0.15, 0.2) is 0 Å². The van der Waals surface area contributed by atoms with Crippen LogP contribution in [0.2, 0.25) is 5.02 Å². The topological polar surface area (TPSA) is 48.7 Å². The van der Waals surface area contributed by atoms with Gasteiger partial charge in [0.2, 0.25) is 0 Å². The number of anilines is 1. The maximum absolute atomic E-state index is 13.6. The predicted molar refractivity (Wildman–Crippen MR) is 153 cm³/mol. The lowest BCUT2D eigenvalue weighted by Crippen LogP contribution is -2.31. The van der Waals surface area contributed by atoms with Gasteiger partial charge in [-0.05, 0) is 87.8 Å². The fraction of sp³-hybridized carbons (Fsp3) is 0.345. The molecule has 1 saturated heterocycles. The number of unbranched alkanes of at least 4 members (excludes halogenated alkanes) is 1. The van der Waals surface area contributed by atoms with Crippen LogP contribution < -0.4 is 10.2 Å². The van der Waals surface area contributed by atoms with Gasteiger partial charge in [0.05, 0.1) is 11.3 Å². The Kier molecular flexibility index (Phi) is 8.13. The molecule has 5 rings (SSSR count). The number of rotatable bonds is 8. The number of carbonyl (C=O) groups is 1. The van der Waals surface area contributed by atoms with E-state index in [9.17, 15) is 9.18 Å². The van der Waals surface area contributed by atoms with Crippen molar-refractivity contribution in [2.24, 2.45) is 0 Å². The molecule has 3 heterocycles. The van der Waals surface area contributed by atoms with Gasteiger partial charge in [-0.1, -0.05) is 11.6 Å². The summed E-state index contributed by atoms with van der Waals surface area (Å²) in [6, 6.07) is 14.3. The quantitative estimate of drug-likeness (QED) is 0.239. The number of aryl methyl sites for hydroxylation is 1. The summed E-state index contributed by atoms with van der Waals surface area (Å²) in [7, 11) is 0. The predicted octanol–water partition coefficient (Wildman–Crippen LogP) is 7.23. The highest BCUT2D eigenvalue weighted by atomic mass is 35.5. The van der Waals surface area contributed by atoms with Gasteiger partial charge in [0, 0.05) is 53.7 Å². The van der Waals surface area contributed by atoms with Crippen molar-refractivity contribution in [1.82, 2.24) is 10.2 Å². The molecule has 0 atom stereocenters. The summed E-state index contributed by atoms with van der Waals surface area (Å²) in [6.07, 6.45) is 3.06. The van der Waals surface area contributed by atoms with E-state index >= 15 is 0 Å². The number of fused-ring (bicyclic) bond motifs is 1. The molecule has 0 bridgehead atoms. The fourth-order valence-electron chi connectivity index (χ4n) is 4.89. The normalized spacial score (nSPS) is 14.7. The van der Waals surface area contributed by atoms with Crippen LogP contribution in [-0.4, -0.2) is 50.1 Å². The van der Waals surface area contributed by atoms with E-state index in [1.165, 1.54) is 5.69 Å². The monoisotopic (exact) mass is 541 g/mol. The molecule has 2 aromatic carbocycles. The van der Waals surface area contributed by atoms with Crippen LogP contribution in [0, 0.1) is 12.7 Å². The lowest BCUT2D eigenvalue weighted by Gasteiger charge is -2.23. The van der Waals surface area contributed by atoms with Crippen LogP contribution in [-0.2, 0) is 0 Å². The van der Waals surface area contributed by atoms with Crippen molar-refractivity contribution in [2.45, 2.75) is 26.2 Å². The number of thiophene rings is 1. The number of benzene rings is 2. The number of nitrogens with zero attached hydrogens (tertiary/aromatic N) is 2. The number of hydrogen-bond acceptors (Lipinski definition) is 5. The number of halogens is 2. The zero-order chi connectivity index (χ0) is 25.8. The molecule has 1 N–H and O–H groups in total. The standard InChI is InChI=1S/C29H31ClFN3O2S.H2/c1-20-25(18-27(36-20)21-5-7-22(30)8-6-21)29(35)32-11-2-3-12-33-13-4-14-34(16-15-33)26-19-37-28-17-23(31)9-10-24(26)28;/h5-10,17-19H,2-4,11-16H2,1H3,(H,32,35);1H. The second-order valence-corrected chi connectivity index (χ2v) is 10.8. The molecule has 1 fully saturated rings. The molecular weight excluding hydrogens is 509 g/mol. The SMILES string of the molecule is Cc1oc(-c2ccc(Cl)cc2)cc1C(=O)NCCCCN1CCCN(c2csc3cc(F)ccc23)CC1.[HH]. The molecule has 5 nitrogen and oxygen atoms in total. The highest BCUT2D eigenvalue weighted by molar-refractivity contribution is 7.17. The minimum absolute atomic E-state index is 0. The van der Waals surface area contributed by atoms with Crippen molar-refractivity contribution in [1.29, 1.82) is 0 Å². The van der Waals surface area contributed by atoms with E-state index in [4.69, 9.17) is 16.0 Å². The molecule has 1 aliphatic rings. The summed E-state index contributed by atoms with van der Waals surface area (Å²) in [6.45, 7) is 7.53. The van der Waals surface area contributed by atoms with E-state index in [0.717, 1.165) is 67.6 Å². The van der Waals surface area contributed by atoms with Gasteiger partial charge in [0.25, 0.3) is 5.91 Å². The van der Waals surface area contributed by atoms with Crippen LogP contribution in [0.25, 0.3) is 21.4 Å². The molecule has 0 spiro atoms. The van der Waals surface area contributed by atoms with Gasteiger partial charge in [0.1, 0.15) is 17.3 Å². The maximum Gasteiger partial charge on any atom is 0.254 e. The maximum atomic E-state index is 13.6. The Bertz CT molecular complexity index is 1370. The van der Waals surface area contributed by atoms with Crippen molar-refractivity contribution in [3.63, 3.8) is 0 Å². The number of carbonyl (C=O) groups excluding carboxylic acids is 1. The Labute approximate surface area is 227 Å². The number of furan rings is 1. The highest BCUT2D eigenvalue weighted by Gasteiger charge is 2.19. The molecule has 37 heavy (non-hydrogen) atoms. The van der Waals surface area contributed by atoms with Gasteiger partial charge in [-0.25, -0.2) is 4.39 Å². The summed E-state index contributed by atoms with van der Waals surface area (Å²) in [5.74, 6) is 0.994. The van der Waals surface area contributed by atoms with E-state index in [2.05, 4.69) is 20.5 Å². The van der Waals surface area contributed by atoms with Gasteiger partial charge in [-0.2, -0.15) is 0 Å². The lowest BCUT2D eigenvalue weighted by atomic mass is 10.1. The summed E-state index contributed by atoms with van der Waals surface area (Å²) >= 11 is 7.58. The average Bonchev–Trinajstić information content (AvgIpc) is 3.40. The van der Waals surface area contributed by atoms with Gasteiger partial charge in [-0.15, -0.1) is 11.3 Å². The Morgan fingerprint density at radius 2 is 1.95 bits per heavy atom. The highest BCUT2D eigenvalue weighted by Crippen LogP contribution is 2.34. The van der Waals surface area contributed by atoms with Crippen LogP contribution >= 0.6 is 22.9 Å². The number of hydrogen-bond donors (Lipinski definition) is 1. The molecule has 0 aliphatic carbocycles. The second kappa shape index (κ2) is 11.7. The largest absolute Gasteiger partial charge is 0.461 e. The Hall–Kier alpha value is -2.87. The van der Waals surface area contributed by atoms with E-state index in [1.807, 2.05) is 37.3 Å². The third-order valence-corrected chi connectivity index (χ3v) is 8.11. The molecule has 0 radical (unpaired) electrons. The Morgan fingerprint density at radius 1 is 1.11 bits per heavy atom. The Balaban J connectivity index is 0.00000336. The molecule has 0 unspecified atom stereocenters. The van der Waals surface area contributed by atoms with Gasteiger partial charge < -0.3 is 19.5 Å². The average molecular weight is 542 g/mol. The van der Waals surface area contributed by atoms with Crippen LogP contribution in [0.5, 0.6) is 0 Å². The van der Waals surface area contributed by atoms with Crippen LogP contribution in [0.1, 0.15) is 36.8 Å². The van der Waals surface area contributed by atoms with E-state index in [0.29, 0.717) is 28.7 Å². The summed E-state index contributed by atoms with van der Waals surface area (Å²) in [4.78, 5) is 17.6. The zero-order valence-electron chi connectivity index (χ0n) is 20.9. The minimum atomic E-state index is -0.179. The molecule has 2 aromatic heterocycles. The third-order valence-electron chi connectivity index (χ3n) is 6.92. The first-order valence-corrected chi connectivity index (χ1v) is 14.0. The van der Waals surface area contributed by atoms with Crippen molar-refractivity contribution >= 4 is 44.6 Å². The molecule has 0 saturated carbocycles. The van der Waals surface area contributed by atoms with Crippen LogP contribution in [0.4, 0.5) is 10.1 Å². The smallest absolute Gasteiger partial charge is 0.254 e. The minimum Gasteiger partial charge on any atom is -0.461 e. The lowest BCUT2D eigenvalue weighted by molar-refractivity contribution is 0.0951. The number of nitrogens with one attached hydrogen (secondary N) is 1. The molecule has 1 amide bonds. The molecule has 4 aromatic rings. The van der Waals surface area contributed by atoms with E-state index in [1.54, 1.807) is 29.5 Å². The molecule has 8 heteroatoms. The van der Waals surface area contributed by atoms with E-state index in [-0.39, 0.29) is 13.2 Å². The van der Waals surface area contributed by atoms with Gasteiger partial charge in [-0.3, -0.25) is 4.79 Å². The van der Waals surface area contributed by atoms with E-state index < -0.39 is 0 Å². The molecule has 196 valence electrons. The van der Waals surface area contributed by atoms with Crippen LogP contribution in [0.3, 0.4) is 0 Å². The summed E-state index contributed by atoms with van der Waals surface area (Å²) in [5, 5.41) is 7.00. The van der Waals surface area contributed by atoms with Crippen LogP contribution in [0.15, 0.2) is 58.3 Å². The van der Waals surface area contributed by atoms with Crippen molar-refractivity contribution in [3.8, 4) is 11.3 Å². The zero-order valence-corrected chi connectivity index (χ0v) is 22.5. The first kappa shape index (κ1) is 25.8. The first-order valence-electron chi connectivity index (χ1n) is 12.8. The third kappa shape index (κ3) is 6.17. The van der Waals surface area contributed by atoms with Crippen molar-refractivity contribution < 1.29 is 15.0 Å². The Morgan fingerprint density at radius 3 is 2.78 bits per heavy atom.